The molecule has 13 heavy (non-hydrogen) atoms. The van der Waals surface area contributed by atoms with E-state index in [4.69, 9.17) is 5.73 Å². The van der Waals surface area contributed by atoms with Gasteiger partial charge in [0, 0.05) is 6.54 Å². The highest BCUT2D eigenvalue weighted by Crippen LogP contribution is 2.05. The molecule has 0 aliphatic rings. The van der Waals surface area contributed by atoms with Gasteiger partial charge in [-0.25, -0.2) is 0 Å². The van der Waals surface area contributed by atoms with Gasteiger partial charge in [-0.2, -0.15) is 0 Å². The minimum Gasteiger partial charge on any atom is -0.330 e. The van der Waals surface area contributed by atoms with Gasteiger partial charge in [-0.05, 0) is 38.4 Å². The number of hydrogen-bond donors (Lipinski definition) is 1. The molecule has 80 valence electrons. The van der Waals surface area contributed by atoms with Gasteiger partial charge in [0.15, 0.2) is 0 Å². The molecule has 0 aliphatic heterocycles. The van der Waals surface area contributed by atoms with Crippen molar-refractivity contribution < 1.29 is 0 Å². The molecule has 2 N–H and O–H groups in total. The van der Waals surface area contributed by atoms with Crippen LogP contribution in [0.3, 0.4) is 0 Å². The SMILES string of the molecule is CCC(CN)CN(C)CCC(C)C. The maximum atomic E-state index is 5.66. The lowest BCUT2D eigenvalue weighted by atomic mass is 10.1. The van der Waals surface area contributed by atoms with E-state index in [-0.39, 0.29) is 0 Å². The topological polar surface area (TPSA) is 29.3 Å². The Labute approximate surface area is 83.5 Å². The van der Waals surface area contributed by atoms with Crippen molar-refractivity contribution in [2.75, 3.05) is 26.7 Å². The monoisotopic (exact) mass is 186 g/mol. The van der Waals surface area contributed by atoms with Gasteiger partial charge in [0.05, 0.1) is 0 Å². The Morgan fingerprint density at radius 3 is 2.31 bits per heavy atom. The number of hydrogen-bond acceptors (Lipinski definition) is 2. The van der Waals surface area contributed by atoms with Gasteiger partial charge < -0.3 is 10.6 Å². The Bertz CT molecular complexity index is 109. The van der Waals surface area contributed by atoms with Gasteiger partial charge >= 0.3 is 0 Å². The largest absolute Gasteiger partial charge is 0.330 e. The molecule has 0 saturated carbocycles. The molecular weight excluding hydrogens is 160 g/mol. The molecule has 0 spiro atoms. The number of nitrogens with two attached hydrogens (primary N) is 1. The highest BCUT2D eigenvalue weighted by atomic mass is 15.1. The molecule has 0 bridgehead atoms. The normalized spacial score (nSPS) is 14.1. The molecule has 2 heteroatoms. The quantitative estimate of drug-likeness (QED) is 0.658. The van der Waals surface area contributed by atoms with Gasteiger partial charge in [-0.1, -0.05) is 27.2 Å². The van der Waals surface area contributed by atoms with Gasteiger partial charge in [0.1, 0.15) is 0 Å². The number of nitrogens with zero attached hydrogens (tertiary/aromatic N) is 1. The first kappa shape index (κ1) is 12.9. The lowest BCUT2D eigenvalue weighted by Crippen LogP contribution is -2.30. The molecule has 0 aromatic heterocycles. The Balaban J connectivity index is 3.53. The van der Waals surface area contributed by atoms with Gasteiger partial charge in [-0.15, -0.1) is 0 Å². The van der Waals surface area contributed by atoms with Crippen molar-refractivity contribution in [2.24, 2.45) is 17.6 Å². The second-order valence-corrected chi connectivity index (χ2v) is 4.45. The molecule has 0 aromatic carbocycles. The van der Waals surface area contributed by atoms with Crippen molar-refractivity contribution >= 4 is 0 Å². The molecule has 1 unspecified atom stereocenters. The summed E-state index contributed by atoms with van der Waals surface area (Å²) in [5, 5.41) is 0. The maximum absolute atomic E-state index is 5.66. The van der Waals surface area contributed by atoms with E-state index in [1.807, 2.05) is 0 Å². The predicted octanol–water partition coefficient (Wildman–Crippen LogP) is 1.95. The van der Waals surface area contributed by atoms with Crippen molar-refractivity contribution in [3.63, 3.8) is 0 Å². The summed E-state index contributed by atoms with van der Waals surface area (Å²) in [5.74, 6) is 1.48. The van der Waals surface area contributed by atoms with Crippen LogP contribution in [0, 0.1) is 11.8 Å². The maximum Gasteiger partial charge on any atom is 0.00186 e. The van der Waals surface area contributed by atoms with Crippen LogP contribution in [0.2, 0.25) is 0 Å². The molecule has 0 heterocycles. The van der Waals surface area contributed by atoms with Gasteiger partial charge in [-0.3, -0.25) is 0 Å². The molecule has 0 fully saturated rings. The van der Waals surface area contributed by atoms with Gasteiger partial charge in [0.25, 0.3) is 0 Å². The molecular formula is C11H26N2. The third-order valence-corrected chi connectivity index (χ3v) is 2.57. The molecule has 0 amide bonds. The van der Waals surface area contributed by atoms with E-state index in [0.717, 1.165) is 19.0 Å². The third-order valence-electron chi connectivity index (χ3n) is 2.57. The summed E-state index contributed by atoms with van der Waals surface area (Å²) < 4.78 is 0. The zero-order chi connectivity index (χ0) is 10.3. The summed E-state index contributed by atoms with van der Waals surface area (Å²) in [4.78, 5) is 2.40. The summed E-state index contributed by atoms with van der Waals surface area (Å²) in [6, 6.07) is 0. The average Bonchev–Trinajstić information content (AvgIpc) is 2.10. The minimum atomic E-state index is 0.678. The van der Waals surface area contributed by atoms with E-state index in [1.165, 1.54) is 19.4 Å². The van der Waals surface area contributed by atoms with E-state index in [1.54, 1.807) is 0 Å². The standard InChI is InChI=1S/C11H26N2/c1-5-11(8-12)9-13(4)7-6-10(2)3/h10-11H,5-9,12H2,1-4H3. The fourth-order valence-electron chi connectivity index (χ4n) is 1.38. The minimum absolute atomic E-state index is 0.678. The van der Waals surface area contributed by atoms with E-state index in [0.29, 0.717) is 5.92 Å². The van der Waals surface area contributed by atoms with Crippen molar-refractivity contribution in [2.45, 2.75) is 33.6 Å². The van der Waals surface area contributed by atoms with Crippen molar-refractivity contribution in [3.8, 4) is 0 Å². The second-order valence-electron chi connectivity index (χ2n) is 4.45. The molecule has 0 radical (unpaired) electrons. The first-order valence-electron chi connectivity index (χ1n) is 5.48. The third kappa shape index (κ3) is 7.03. The zero-order valence-corrected chi connectivity index (χ0v) is 9.71. The predicted molar refractivity (Wildman–Crippen MR) is 59.8 cm³/mol. The first-order chi connectivity index (χ1) is 6.10. The Hall–Kier alpha value is -0.0800. The lowest BCUT2D eigenvalue weighted by molar-refractivity contribution is 0.261. The Kier molecular flexibility index (Phi) is 7.29. The Morgan fingerprint density at radius 1 is 1.31 bits per heavy atom. The van der Waals surface area contributed by atoms with Gasteiger partial charge in [0.2, 0.25) is 0 Å². The number of rotatable bonds is 7. The summed E-state index contributed by atoms with van der Waals surface area (Å²) in [7, 11) is 2.20. The van der Waals surface area contributed by atoms with E-state index < -0.39 is 0 Å². The van der Waals surface area contributed by atoms with Crippen LogP contribution in [0.5, 0.6) is 0 Å². The molecule has 0 rings (SSSR count). The van der Waals surface area contributed by atoms with E-state index >= 15 is 0 Å². The fourth-order valence-corrected chi connectivity index (χ4v) is 1.38. The molecule has 0 saturated heterocycles. The lowest BCUT2D eigenvalue weighted by Gasteiger charge is -2.22. The van der Waals surface area contributed by atoms with Crippen LogP contribution < -0.4 is 5.73 Å². The van der Waals surface area contributed by atoms with Crippen LogP contribution in [0.4, 0.5) is 0 Å². The van der Waals surface area contributed by atoms with Crippen LogP contribution in [-0.4, -0.2) is 31.6 Å². The van der Waals surface area contributed by atoms with Crippen LogP contribution in [0.15, 0.2) is 0 Å². The summed E-state index contributed by atoms with van der Waals surface area (Å²) in [6.45, 7) is 9.94. The Morgan fingerprint density at radius 2 is 1.92 bits per heavy atom. The van der Waals surface area contributed by atoms with Crippen molar-refractivity contribution in [1.29, 1.82) is 0 Å². The van der Waals surface area contributed by atoms with Crippen LogP contribution in [0.1, 0.15) is 33.6 Å². The van der Waals surface area contributed by atoms with Crippen molar-refractivity contribution in [1.82, 2.24) is 4.90 Å². The first-order valence-corrected chi connectivity index (χ1v) is 5.48. The molecule has 1 atom stereocenters. The average molecular weight is 186 g/mol. The second kappa shape index (κ2) is 7.34. The summed E-state index contributed by atoms with van der Waals surface area (Å²) in [6.07, 6.45) is 2.49. The van der Waals surface area contributed by atoms with Crippen LogP contribution in [-0.2, 0) is 0 Å². The van der Waals surface area contributed by atoms with Crippen LogP contribution >= 0.6 is 0 Å². The smallest absolute Gasteiger partial charge is 0.00186 e. The van der Waals surface area contributed by atoms with Crippen molar-refractivity contribution in [3.05, 3.63) is 0 Å². The molecule has 0 aromatic rings. The highest BCUT2D eigenvalue weighted by molar-refractivity contribution is 4.63. The zero-order valence-electron chi connectivity index (χ0n) is 9.71. The van der Waals surface area contributed by atoms with Crippen LogP contribution in [0.25, 0.3) is 0 Å². The summed E-state index contributed by atoms with van der Waals surface area (Å²) >= 11 is 0. The van der Waals surface area contributed by atoms with E-state index in [9.17, 15) is 0 Å². The summed E-state index contributed by atoms with van der Waals surface area (Å²) in [5.41, 5.74) is 5.66. The molecule has 0 aliphatic carbocycles. The highest BCUT2D eigenvalue weighted by Gasteiger charge is 2.07. The fraction of sp³-hybridized carbons (Fsp3) is 1.00. The van der Waals surface area contributed by atoms with E-state index in [2.05, 4.69) is 32.7 Å². The molecule has 2 nitrogen and oxygen atoms in total.